The van der Waals surface area contributed by atoms with Crippen molar-refractivity contribution in [1.82, 2.24) is 0 Å². The van der Waals surface area contributed by atoms with Gasteiger partial charge in [0.1, 0.15) is 0 Å². The molecule has 46 heavy (non-hydrogen) atoms. The molecule has 0 aromatic rings. The first-order chi connectivity index (χ1) is 20.4. The van der Waals surface area contributed by atoms with Gasteiger partial charge in [-0.1, -0.05) is 0 Å². The molecular formula is C24H8BF20Li. The van der Waals surface area contributed by atoms with E-state index in [1.54, 1.807) is 0 Å². The van der Waals surface area contributed by atoms with Gasteiger partial charge >= 0.3 is 18.9 Å². The van der Waals surface area contributed by atoms with E-state index in [4.69, 9.17) is 0 Å². The topological polar surface area (TPSA) is 0 Å². The maximum atomic E-state index is 17.1. The first-order valence-electron chi connectivity index (χ1n) is 11.7. The van der Waals surface area contributed by atoms with Crippen LogP contribution in [0.25, 0.3) is 0 Å². The van der Waals surface area contributed by atoms with E-state index in [0.717, 1.165) is 0 Å². The van der Waals surface area contributed by atoms with Gasteiger partial charge < -0.3 is 0 Å². The fourth-order valence-electron chi connectivity index (χ4n) is 6.41. The Labute approximate surface area is 254 Å². The molecule has 0 spiro atoms. The average molecular weight is 694 g/mol. The van der Waals surface area contributed by atoms with Crippen LogP contribution in [0.4, 0.5) is 87.8 Å². The van der Waals surface area contributed by atoms with Crippen molar-refractivity contribution in [2.75, 3.05) is 0 Å². The van der Waals surface area contributed by atoms with Gasteiger partial charge in [0.25, 0.3) is 0 Å². The fourth-order valence-corrected chi connectivity index (χ4v) is 6.41. The van der Waals surface area contributed by atoms with Crippen LogP contribution < -0.4 is 18.9 Å². The largest absolute Gasteiger partial charge is 1.00 e. The van der Waals surface area contributed by atoms with Gasteiger partial charge in [0.05, 0.1) is 22.3 Å². The van der Waals surface area contributed by atoms with Crippen LogP contribution >= 0.6 is 0 Å². The second kappa shape index (κ2) is 11.4. The molecule has 0 saturated carbocycles. The van der Waals surface area contributed by atoms with Crippen molar-refractivity contribution in [2.45, 2.75) is 47.0 Å². The Morgan fingerprint density at radius 1 is 0.370 bits per heavy atom. The van der Waals surface area contributed by atoms with E-state index in [9.17, 15) is 52.7 Å². The van der Waals surface area contributed by atoms with Crippen molar-refractivity contribution in [3.63, 3.8) is 0 Å². The zero-order valence-corrected chi connectivity index (χ0v) is 21.8. The molecule has 4 rings (SSSR count). The third kappa shape index (κ3) is 4.24. The zero-order valence-electron chi connectivity index (χ0n) is 21.8. The van der Waals surface area contributed by atoms with E-state index in [-0.39, 0.29) is 18.9 Å². The number of allylic oxidation sites excluding steroid dienone is 16. The molecule has 0 N–H and O–H groups in total. The molecule has 0 heterocycles. The molecule has 4 aliphatic rings. The Kier molecular flexibility index (Phi) is 9.34. The van der Waals surface area contributed by atoms with Crippen molar-refractivity contribution in [2.24, 2.45) is 0 Å². The van der Waals surface area contributed by atoms with Crippen molar-refractivity contribution >= 4 is 6.15 Å². The summed E-state index contributed by atoms with van der Waals surface area (Å²) < 4.78 is 302. The molecule has 0 fully saturated rings. The summed E-state index contributed by atoms with van der Waals surface area (Å²) in [6.45, 7) is 0. The molecule has 8 unspecified atom stereocenters. The number of hydrogen-bond donors (Lipinski definition) is 0. The van der Waals surface area contributed by atoms with Crippen LogP contribution in [-0.2, 0) is 0 Å². The van der Waals surface area contributed by atoms with Gasteiger partial charge in [0, 0.05) is 0 Å². The molecule has 0 aromatic heterocycles. The summed E-state index contributed by atoms with van der Waals surface area (Å²) in [6, 6.07) is 0. The van der Waals surface area contributed by atoms with Crippen molar-refractivity contribution < 1.29 is 107 Å². The predicted octanol–water partition coefficient (Wildman–Crippen LogP) is 6.85. The molecule has 0 saturated heterocycles. The molecule has 0 nitrogen and oxygen atoms in total. The minimum Gasteiger partial charge on any atom is -0.278 e. The van der Waals surface area contributed by atoms with Gasteiger partial charge in [-0.3, -0.25) is 17.6 Å². The first kappa shape index (κ1) is 37.6. The van der Waals surface area contributed by atoms with Gasteiger partial charge in [-0.2, -0.15) is 0 Å². The minimum absolute atomic E-state index is 0. The molecule has 22 heteroatoms. The van der Waals surface area contributed by atoms with E-state index in [1.165, 1.54) is 0 Å². The number of halogens is 20. The van der Waals surface area contributed by atoms with E-state index in [1.807, 2.05) is 0 Å². The van der Waals surface area contributed by atoms with E-state index >= 15 is 35.1 Å². The van der Waals surface area contributed by atoms with Gasteiger partial charge in [0.15, 0.2) is 101 Å². The summed E-state index contributed by atoms with van der Waals surface area (Å²) in [5.41, 5.74) is -25.9. The Bertz CT molecular complexity index is 1390. The molecule has 248 valence electrons. The SMILES string of the molecule is FC1=CC(F)([B-](C2(F)C=C(F)C(F)=C(F)C2F)(C2(F)C=C(F)C(F)=C(F)C2F)C2(F)C=C(F)C(F)=C(F)C2F)C(F)C(F)=C1F.[Li+]. The molecular weight excluding hydrogens is 686 g/mol. The van der Waals surface area contributed by atoms with Crippen molar-refractivity contribution in [1.29, 1.82) is 0 Å². The van der Waals surface area contributed by atoms with Crippen LogP contribution in [0.15, 0.2) is 94.2 Å². The fraction of sp³-hybridized carbons (Fsp3) is 0.333. The quantitative estimate of drug-likeness (QED) is 0.223. The predicted molar refractivity (Wildman–Crippen MR) is 114 cm³/mol. The third-order valence-electron chi connectivity index (χ3n) is 8.17. The minimum atomic E-state index is -8.16. The van der Waals surface area contributed by atoms with Crippen LogP contribution in [0.2, 0.25) is 0 Å². The van der Waals surface area contributed by atoms with E-state index in [2.05, 4.69) is 0 Å². The Morgan fingerprint density at radius 3 is 0.674 bits per heavy atom. The van der Waals surface area contributed by atoms with Crippen LogP contribution in [0.1, 0.15) is 0 Å². The summed E-state index contributed by atoms with van der Waals surface area (Å²) >= 11 is 0. The van der Waals surface area contributed by atoms with Gasteiger partial charge in [-0.15, -0.1) is 0 Å². The standard InChI is InChI=1S/C24H8BF20.Li/c26-5-1-21(42,17(38)13(34)9(5)30)25(22(43)2-6(27)10(31)14(35)18(22)39,23(44)3-7(28)11(32)15(36)19(23)40)24(45)4-8(29)12(33)16(37)20(24)41;/h1-4,17-20H;/q-1;+1. The van der Waals surface area contributed by atoms with Crippen LogP contribution in [0, 0.1) is 0 Å². The van der Waals surface area contributed by atoms with Crippen molar-refractivity contribution in [3.05, 3.63) is 94.2 Å². The third-order valence-corrected chi connectivity index (χ3v) is 8.17. The number of hydrogen-bond acceptors (Lipinski definition) is 0. The summed E-state index contributed by atoms with van der Waals surface area (Å²) in [5.74, 6) is -40.9. The summed E-state index contributed by atoms with van der Waals surface area (Å²) in [5, 5.41) is 0. The molecule has 8 atom stereocenters. The van der Waals surface area contributed by atoms with Crippen LogP contribution in [0.3, 0.4) is 0 Å². The smallest absolute Gasteiger partial charge is 0.278 e. The molecule has 0 aliphatic heterocycles. The van der Waals surface area contributed by atoms with Crippen molar-refractivity contribution in [3.8, 4) is 0 Å². The van der Waals surface area contributed by atoms with Gasteiger partial charge in [-0.05, 0) is 24.3 Å². The van der Waals surface area contributed by atoms with E-state index < -0.39 is 147 Å². The molecule has 0 aromatic carbocycles. The molecule has 0 radical (unpaired) electrons. The Balaban J connectivity index is 0.00000576. The summed E-state index contributed by atoms with van der Waals surface area (Å²) in [4.78, 5) is 0. The van der Waals surface area contributed by atoms with Gasteiger partial charge in [-0.25, -0.2) is 70.2 Å². The molecule has 0 bridgehead atoms. The second-order valence-corrected chi connectivity index (χ2v) is 10.2. The molecule has 0 amide bonds. The molecule has 4 aliphatic carbocycles. The number of alkyl halides is 8. The van der Waals surface area contributed by atoms with Gasteiger partial charge in [0.2, 0.25) is 0 Å². The Morgan fingerprint density at radius 2 is 0.522 bits per heavy atom. The normalized spacial score (nSPS) is 40.3. The maximum Gasteiger partial charge on any atom is 1.00 e. The number of rotatable bonds is 4. The monoisotopic (exact) mass is 694 g/mol. The maximum absolute atomic E-state index is 17.1. The van der Waals surface area contributed by atoms with Crippen LogP contribution in [-0.4, -0.2) is 53.1 Å². The first-order valence-corrected chi connectivity index (χ1v) is 11.7. The van der Waals surface area contributed by atoms with Crippen LogP contribution in [0.5, 0.6) is 0 Å². The zero-order chi connectivity index (χ0) is 34.6. The van der Waals surface area contributed by atoms with E-state index in [0.29, 0.717) is 0 Å². The summed E-state index contributed by atoms with van der Waals surface area (Å²) in [7, 11) is 0. The summed E-state index contributed by atoms with van der Waals surface area (Å²) in [6.07, 6.45) is -36.3. The average Bonchev–Trinajstić information content (AvgIpc) is 2.97. The Hall–Kier alpha value is -2.82. The second-order valence-electron chi connectivity index (χ2n) is 10.2.